The summed E-state index contributed by atoms with van der Waals surface area (Å²) in [6, 6.07) is 9.51. The number of rotatable bonds is 10. The Balaban J connectivity index is 0.645. The predicted octanol–water partition coefficient (Wildman–Crippen LogP) is 5.96. The van der Waals surface area contributed by atoms with Crippen molar-refractivity contribution < 1.29 is 37.5 Å². The maximum Gasteiger partial charge on any atom is 0.331 e. The average molecular weight is 879 g/mol. The van der Waals surface area contributed by atoms with E-state index in [0.717, 1.165) is 100 Å². The van der Waals surface area contributed by atoms with Crippen LogP contribution in [-0.4, -0.2) is 116 Å². The fourth-order valence-corrected chi connectivity index (χ4v) is 11.8. The summed E-state index contributed by atoms with van der Waals surface area (Å²) in [5, 5.41) is 13.5. The number of ether oxygens (including phenoxy) is 1. The van der Waals surface area contributed by atoms with Crippen LogP contribution in [-0.2, 0) is 14.3 Å². The second-order valence-electron chi connectivity index (χ2n) is 19.2. The molecule has 3 aromatic heterocycles. The summed E-state index contributed by atoms with van der Waals surface area (Å²) in [5.41, 5.74) is 1.53. The number of imide groups is 2. The average Bonchev–Trinajstić information content (AvgIpc) is 4.13. The van der Waals surface area contributed by atoms with E-state index in [0.29, 0.717) is 47.3 Å². The molecule has 5 aliphatic heterocycles. The molecule has 336 valence electrons. The van der Waals surface area contributed by atoms with Crippen LogP contribution >= 0.6 is 0 Å². The van der Waals surface area contributed by atoms with Crippen LogP contribution in [0.5, 0.6) is 0 Å². The van der Waals surface area contributed by atoms with Gasteiger partial charge in [-0.25, -0.2) is 18.6 Å². The lowest BCUT2D eigenvalue weighted by Gasteiger charge is -2.53. The van der Waals surface area contributed by atoms with Gasteiger partial charge in [-0.05, 0) is 125 Å². The van der Waals surface area contributed by atoms with E-state index in [1.165, 1.54) is 4.57 Å². The van der Waals surface area contributed by atoms with Gasteiger partial charge in [0.15, 0.2) is 11.3 Å². The fraction of sp³-hybridized carbons (Fsp3) is 0.543. The van der Waals surface area contributed by atoms with Crippen molar-refractivity contribution in [3.63, 3.8) is 0 Å². The number of carbonyl (C=O) groups is 5. The Kier molecular flexibility index (Phi) is 10.3. The molecule has 1 aromatic carbocycles. The first kappa shape index (κ1) is 41.0. The van der Waals surface area contributed by atoms with E-state index in [2.05, 4.69) is 30.8 Å². The van der Waals surface area contributed by atoms with Gasteiger partial charge in [0, 0.05) is 49.5 Å². The Bertz CT molecular complexity index is 2540. The number of morpholine rings is 1. The van der Waals surface area contributed by atoms with E-state index >= 15 is 0 Å². The van der Waals surface area contributed by atoms with Crippen LogP contribution in [0.2, 0.25) is 0 Å². The number of hydrogen-bond acceptors (Lipinski definition) is 11. The van der Waals surface area contributed by atoms with E-state index in [1.807, 2.05) is 12.1 Å². The fourth-order valence-electron chi connectivity index (χ4n) is 11.8. The Morgan fingerprint density at radius 1 is 0.938 bits per heavy atom. The minimum Gasteiger partial charge on any atom is -0.384 e. The summed E-state index contributed by atoms with van der Waals surface area (Å²) in [6.07, 6.45) is 9.76. The Hall–Kier alpha value is -5.75. The molecule has 4 aromatic rings. The Morgan fingerprint density at radius 3 is 2.48 bits per heavy atom. The number of likely N-dealkylation sites (tertiary alicyclic amines) is 1. The molecule has 1 spiro atoms. The van der Waals surface area contributed by atoms with E-state index in [1.54, 1.807) is 41.3 Å². The zero-order chi connectivity index (χ0) is 43.9. The molecule has 2 aliphatic carbocycles. The number of fused-ring (bicyclic) bond motifs is 4. The zero-order valence-electron chi connectivity index (χ0n) is 35.5. The largest absolute Gasteiger partial charge is 0.384 e. The molecule has 2 bridgehead atoms. The molecule has 8 heterocycles. The molecule has 0 radical (unpaired) electrons. The molecule has 18 heteroatoms. The number of aromatic nitrogens is 4. The Morgan fingerprint density at radius 2 is 1.75 bits per heavy atom. The molecule has 11 rings (SSSR count). The second-order valence-corrected chi connectivity index (χ2v) is 19.2. The smallest absolute Gasteiger partial charge is 0.331 e. The molecule has 5 amide bonds. The molecule has 64 heavy (non-hydrogen) atoms. The minimum atomic E-state index is -2.85. The van der Waals surface area contributed by atoms with Gasteiger partial charge in [0.05, 0.1) is 41.6 Å². The van der Waals surface area contributed by atoms with Crippen LogP contribution in [0.15, 0.2) is 48.8 Å². The third-order valence-corrected chi connectivity index (χ3v) is 15.3. The summed E-state index contributed by atoms with van der Waals surface area (Å²) in [5.74, 6) is -0.296. The van der Waals surface area contributed by atoms with Crippen molar-refractivity contribution in [3.05, 3.63) is 65.6 Å². The Labute approximate surface area is 368 Å². The number of piperidine rings is 2. The number of pyridine rings is 1. The first-order chi connectivity index (χ1) is 31.0. The molecule has 3 N–H and O–H groups in total. The van der Waals surface area contributed by atoms with Gasteiger partial charge in [-0.2, -0.15) is 5.10 Å². The van der Waals surface area contributed by atoms with E-state index in [-0.39, 0.29) is 42.3 Å². The minimum absolute atomic E-state index is 0.0129. The van der Waals surface area contributed by atoms with Crippen molar-refractivity contribution in [3.8, 4) is 0 Å². The maximum absolute atomic E-state index is 14.3. The lowest BCUT2D eigenvalue weighted by Crippen LogP contribution is -2.54. The third kappa shape index (κ3) is 7.31. The van der Waals surface area contributed by atoms with Crippen LogP contribution in [0.1, 0.15) is 110 Å². The molecule has 3 atom stereocenters. The molecule has 16 nitrogen and oxygen atoms in total. The number of halogens is 2. The summed E-state index contributed by atoms with van der Waals surface area (Å²) in [7, 11) is 0. The summed E-state index contributed by atoms with van der Waals surface area (Å²) in [6.45, 7) is 5.20. The van der Waals surface area contributed by atoms with Gasteiger partial charge >= 0.3 is 6.03 Å². The van der Waals surface area contributed by atoms with Gasteiger partial charge < -0.3 is 25.2 Å². The number of anilines is 3. The van der Waals surface area contributed by atoms with Crippen LogP contribution in [0, 0.1) is 17.3 Å². The van der Waals surface area contributed by atoms with Crippen molar-refractivity contribution in [2.45, 2.75) is 101 Å². The predicted molar refractivity (Wildman–Crippen MR) is 230 cm³/mol. The molecule has 1 unspecified atom stereocenters. The van der Waals surface area contributed by atoms with Crippen molar-refractivity contribution >= 4 is 57.9 Å². The van der Waals surface area contributed by atoms with Crippen LogP contribution in [0.4, 0.5) is 30.8 Å². The number of carbonyl (C=O) groups excluding carboxylic acids is 5. The highest BCUT2D eigenvalue weighted by molar-refractivity contribution is 6.25. The number of hydrogen-bond donors (Lipinski definition) is 3. The first-order valence-electron chi connectivity index (χ1n) is 22.8. The van der Waals surface area contributed by atoms with Crippen molar-refractivity contribution in [2.75, 3.05) is 54.9 Å². The van der Waals surface area contributed by atoms with Gasteiger partial charge in [0.2, 0.25) is 11.8 Å². The lowest BCUT2D eigenvalue weighted by molar-refractivity contribution is -0.136. The zero-order valence-corrected chi connectivity index (χ0v) is 35.5. The number of benzene rings is 1. The highest BCUT2D eigenvalue weighted by Gasteiger charge is 2.48. The van der Waals surface area contributed by atoms with Gasteiger partial charge in [-0.15, -0.1) is 0 Å². The summed E-state index contributed by atoms with van der Waals surface area (Å²) in [4.78, 5) is 75.1. The normalized spacial score (nSPS) is 26.9. The lowest BCUT2D eigenvalue weighted by atomic mass is 9.57. The molecule has 4 saturated heterocycles. The topological polar surface area (TPSA) is 176 Å². The standard InChI is InChI=1S/C46H52F2N10O6/c47-40(48)39-34(50-45(63)55-15-12-28-6-10-36(51-41(28)55)56-23-31-18-30(56)25-64-31)24-57(53-39)29-7-4-26(5-8-29)22-54-16-13-46(14-17-54)19-27(20-46)21-49-33-3-1-2-32-38(33)44(62)58(43(32)61)35-9-11-37(59)52-42(35)60/h1-3,6,10,12,15,24,26-27,29-31,35,40,49H,4-5,7-9,11,13-14,16-23,25H2,(H,50,63)(H,52,59,60)/t26?,29?,30-,31-,35?/m1/s1. The van der Waals surface area contributed by atoms with Crippen molar-refractivity contribution in [2.24, 2.45) is 17.3 Å². The van der Waals surface area contributed by atoms with Gasteiger partial charge in [-0.1, -0.05) is 6.07 Å². The molecule has 6 fully saturated rings. The quantitative estimate of drug-likeness (QED) is 0.160. The highest BCUT2D eigenvalue weighted by Crippen LogP contribution is 2.53. The first-order valence-corrected chi connectivity index (χ1v) is 22.8. The van der Waals surface area contributed by atoms with E-state index in [4.69, 9.17) is 9.72 Å². The molecular weight excluding hydrogens is 827 g/mol. The monoisotopic (exact) mass is 878 g/mol. The number of nitrogens with zero attached hydrogens (tertiary/aromatic N) is 7. The van der Waals surface area contributed by atoms with Crippen LogP contribution < -0.4 is 20.9 Å². The SMILES string of the molecule is O=C1CCC(N2C(=O)c3cccc(NCC4CC5(CCN(CC6CCC(n7cc(NC(=O)n8ccc9ccc(N%10C[C@H]%11C[C@@H]%10CO%11)nc98)c(C(F)F)n7)CC6)CC5)C4)c3C2=O)C(=O)N1. The van der Waals surface area contributed by atoms with E-state index in [9.17, 15) is 32.8 Å². The highest BCUT2D eigenvalue weighted by atomic mass is 19.3. The number of amides is 5. The number of alkyl halides is 2. The third-order valence-electron chi connectivity index (χ3n) is 15.3. The van der Waals surface area contributed by atoms with Gasteiger partial charge in [-0.3, -0.25) is 38.6 Å². The van der Waals surface area contributed by atoms with Gasteiger partial charge in [0.25, 0.3) is 18.2 Å². The van der Waals surface area contributed by atoms with E-state index < -0.39 is 47.8 Å². The molecule has 2 saturated carbocycles. The second kappa shape index (κ2) is 16.0. The van der Waals surface area contributed by atoms with Crippen molar-refractivity contribution in [1.82, 2.24) is 34.4 Å². The van der Waals surface area contributed by atoms with Gasteiger partial charge in [0.1, 0.15) is 11.9 Å². The van der Waals surface area contributed by atoms with Crippen LogP contribution in [0.3, 0.4) is 0 Å². The molecule has 7 aliphatic rings. The molecular formula is C46H52F2N10O6. The number of nitrogens with one attached hydrogen (secondary N) is 3. The van der Waals surface area contributed by atoms with Crippen molar-refractivity contribution in [1.29, 1.82) is 0 Å². The summed E-state index contributed by atoms with van der Waals surface area (Å²) >= 11 is 0. The summed E-state index contributed by atoms with van der Waals surface area (Å²) < 4.78 is 37.4. The van der Waals surface area contributed by atoms with Crippen LogP contribution in [0.25, 0.3) is 11.0 Å². The maximum atomic E-state index is 14.3.